The van der Waals surface area contributed by atoms with Crippen LogP contribution in [-0.2, 0) is 45.2 Å². The van der Waals surface area contributed by atoms with Crippen molar-refractivity contribution in [2.24, 2.45) is 28.8 Å². The number of anilines is 1. The van der Waals surface area contributed by atoms with Crippen LogP contribution in [0.5, 0.6) is 0 Å². The highest BCUT2D eigenvalue weighted by Crippen LogP contribution is 2.24. The van der Waals surface area contributed by atoms with Crippen molar-refractivity contribution < 1.29 is 22.7 Å². The van der Waals surface area contributed by atoms with Crippen LogP contribution < -0.4 is 10.0 Å². The summed E-state index contributed by atoms with van der Waals surface area (Å²) < 4.78 is 26.7. The molecule has 1 amide bonds. The van der Waals surface area contributed by atoms with Crippen molar-refractivity contribution in [3.63, 3.8) is 0 Å². The van der Waals surface area contributed by atoms with E-state index in [9.17, 15) is 18.0 Å². The Morgan fingerprint density at radius 2 is 1.45 bits per heavy atom. The van der Waals surface area contributed by atoms with Crippen molar-refractivity contribution in [3.8, 4) is 0 Å². The van der Waals surface area contributed by atoms with Gasteiger partial charge in [-0.15, -0.1) is 22.7 Å². The van der Waals surface area contributed by atoms with E-state index in [1.165, 1.54) is 52.9 Å². The van der Waals surface area contributed by atoms with E-state index in [4.69, 9.17) is 5.14 Å². The largest absolute Gasteiger partial charge is 0.465 e. The van der Waals surface area contributed by atoms with Gasteiger partial charge in [-0.1, -0.05) is 67.5 Å². The maximum Gasteiger partial charge on any atom is 0.348 e. The van der Waals surface area contributed by atoms with Gasteiger partial charge in [0.05, 0.1) is 7.11 Å². The van der Waals surface area contributed by atoms with Gasteiger partial charge in [0.25, 0.3) is 0 Å². The van der Waals surface area contributed by atoms with Crippen LogP contribution in [0.4, 0.5) is 5.69 Å². The molecule has 11 heteroatoms. The van der Waals surface area contributed by atoms with Crippen molar-refractivity contribution in [2.45, 2.75) is 98.1 Å². The molecule has 7 nitrogen and oxygen atoms in total. The number of carbonyl (C=O) groups excluding carboxylic acids is 2. The molecule has 0 saturated carbocycles. The third kappa shape index (κ3) is 17.5. The zero-order chi connectivity index (χ0) is 38.1. The summed E-state index contributed by atoms with van der Waals surface area (Å²) in [6, 6.07) is 15.9. The van der Waals surface area contributed by atoms with E-state index in [1.54, 1.807) is 17.4 Å². The summed E-state index contributed by atoms with van der Waals surface area (Å²) in [6.07, 6.45) is 5.93. The van der Waals surface area contributed by atoms with E-state index in [2.05, 4.69) is 95.2 Å². The summed E-state index contributed by atoms with van der Waals surface area (Å²) in [5.41, 5.74) is 5.10. The van der Waals surface area contributed by atoms with Gasteiger partial charge in [0.15, 0.2) is 0 Å². The van der Waals surface area contributed by atoms with Crippen molar-refractivity contribution in [3.05, 3.63) is 91.1 Å². The van der Waals surface area contributed by atoms with Gasteiger partial charge >= 0.3 is 5.97 Å². The lowest BCUT2D eigenvalue weighted by Gasteiger charge is -2.17. The summed E-state index contributed by atoms with van der Waals surface area (Å²) in [5.74, 6) is 2.64. The Morgan fingerprint density at radius 1 is 0.824 bits per heavy atom. The van der Waals surface area contributed by atoms with Crippen LogP contribution in [0.25, 0.3) is 0 Å². The number of esters is 1. The predicted octanol–water partition coefficient (Wildman–Crippen LogP) is 10.3. The van der Waals surface area contributed by atoms with E-state index in [-0.39, 0.29) is 16.1 Å². The number of amides is 1. The van der Waals surface area contributed by atoms with E-state index in [1.807, 2.05) is 28.5 Å². The lowest BCUT2D eigenvalue weighted by molar-refractivity contribution is -0.117. The van der Waals surface area contributed by atoms with Gasteiger partial charge < -0.3 is 9.64 Å². The number of nitrogens with zero attached hydrogens (tertiary/aromatic N) is 1. The van der Waals surface area contributed by atoms with Crippen LogP contribution >= 0.6 is 34.0 Å². The summed E-state index contributed by atoms with van der Waals surface area (Å²) in [6.45, 7) is 18.3. The second kappa shape index (κ2) is 22.3. The molecule has 1 aromatic carbocycles. The number of hydrogen-bond acceptors (Lipinski definition) is 8. The minimum atomic E-state index is -3.50. The summed E-state index contributed by atoms with van der Waals surface area (Å²) in [7, 11) is -2.09. The fourth-order valence-electron chi connectivity index (χ4n) is 5.31. The molecule has 2 N–H and O–H groups in total. The first-order valence-corrected chi connectivity index (χ1v) is 21.8. The molecule has 51 heavy (non-hydrogen) atoms. The van der Waals surface area contributed by atoms with Crippen LogP contribution in [-0.4, -0.2) is 33.9 Å². The van der Waals surface area contributed by atoms with Crippen molar-refractivity contribution in [1.82, 2.24) is 0 Å². The first-order chi connectivity index (χ1) is 24.0. The molecule has 0 bridgehead atoms. The second-order valence-corrected chi connectivity index (χ2v) is 19.1. The van der Waals surface area contributed by atoms with Crippen molar-refractivity contribution >= 4 is 61.6 Å². The van der Waals surface area contributed by atoms with Gasteiger partial charge in [-0.25, -0.2) is 18.4 Å². The van der Waals surface area contributed by atoms with E-state index in [0.717, 1.165) is 48.7 Å². The van der Waals surface area contributed by atoms with Gasteiger partial charge in [0, 0.05) is 23.5 Å². The van der Waals surface area contributed by atoms with Gasteiger partial charge in [-0.3, -0.25) is 4.79 Å². The molecule has 4 aromatic rings. The maximum absolute atomic E-state index is 11.6. The number of thiophene rings is 3. The molecular formula is C40H58N2O5S4. The lowest BCUT2D eigenvalue weighted by Crippen LogP contribution is -2.23. The first-order valence-electron chi connectivity index (χ1n) is 17.7. The molecule has 0 spiro atoms. The minimum Gasteiger partial charge on any atom is -0.465 e. The highest BCUT2D eigenvalue weighted by Gasteiger charge is 2.21. The highest BCUT2D eigenvalue weighted by atomic mass is 32.2. The van der Waals surface area contributed by atoms with Crippen LogP contribution in [0.3, 0.4) is 0 Å². The fourth-order valence-corrected chi connectivity index (χ4v) is 8.82. The lowest BCUT2D eigenvalue weighted by atomic mass is 10.0. The Kier molecular flexibility index (Phi) is 19.4. The monoisotopic (exact) mass is 774 g/mol. The zero-order valence-corrected chi connectivity index (χ0v) is 35.1. The van der Waals surface area contributed by atoms with Gasteiger partial charge in [-0.2, -0.15) is 11.3 Å². The fraction of sp³-hybridized carbons (Fsp3) is 0.500. The summed E-state index contributed by atoms with van der Waals surface area (Å²) in [4.78, 5) is 26.4. The Bertz CT molecular complexity index is 1700. The topological polar surface area (TPSA) is 107 Å². The molecule has 1 fully saturated rings. The molecule has 282 valence electrons. The standard InChI is InChI=1S/C14H19NO.C10H14O2S.C8H13NO2S2.C8H12S/c1-11(2)9-12-5-3-6-13(10-12)15-8-4-7-14(15)16;1-7(2)4-8-5-9(13-6-8)10(11)12-3;1-6(2)5-7-3-4-8(12-7)13(9,10)11;1-7(2)5-8-3-4-9-6-8/h3,5-6,10-11H,4,7-9H2,1-2H3;5-7H,4H2,1-3H3;3-4,6H,5H2,1-2H3,(H2,9,10,11);3-4,6-7H,5H2,1-2H3. The predicted molar refractivity (Wildman–Crippen MR) is 218 cm³/mol. The summed E-state index contributed by atoms with van der Waals surface area (Å²) >= 11 is 4.49. The van der Waals surface area contributed by atoms with Gasteiger partial charge in [-0.05, 0) is 125 Å². The average Bonchev–Trinajstić information content (AvgIpc) is 3.86. The van der Waals surface area contributed by atoms with Crippen LogP contribution in [0.2, 0.25) is 0 Å². The van der Waals surface area contributed by atoms with Crippen LogP contribution in [0.1, 0.15) is 99.5 Å². The molecule has 0 aliphatic carbocycles. The molecule has 0 unspecified atom stereocenters. The van der Waals surface area contributed by atoms with E-state index < -0.39 is 10.0 Å². The number of carbonyl (C=O) groups is 2. The number of rotatable bonds is 11. The highest BCUT2D eigenvalue weighted by molar-refractivity contribution is 7.91. The SMILES string of the molecule is CC(C)Cc1ccc(S(N)(=O)=O)s1.CC(C)Cc1cccc(N2CCCC2=O)c1.CC(C)Cc1ccsc1.COC(=O)c1cc(CC(C)C)cs1. The maximum atomic E-state index is 11.6. The third-order valence-electron chi connectivity index (χ3n) is 7.37. The number of ether oxygens (including phenoxy) is 1. The Balaban J connectivity index is 0.000000240. The van der Waals surface area contributed by atoms with Crippen molar-refractivity contribution in [2.75, 3.05) is 18.6 Å². The number of sulfonamides is 1. The number of benzene rings is 1. The Labute approximate surface area is 319 Å². The molecule has 1 aliphatic heterocycles. The first kappa shape index (κ1) is 44.3. The molecule has 1 aliphatic rings. The molecular weight excluding hydrogens is 717 g/mol. The number of nitrogens with two attached hydrogens (primary N) is 1. The Morgan fingerprint density at radius 3 is 1.96 bits per heavy atom. The molecule has 1 saturated heterocycles. The Hall–Kier alpha value is -2.83. The number of hydrogen-bond donors (Lipinski definition) is 1. The van der Waals surface area contributed by atoms with E-state index in [0.29, 0.717) is 29.1 Å². The second-order valence-electron chi connectivity index (χ2n) is 14.4. The minimum absolute atomic E-state index is 0.236. The molecule has 0 atom stereocenters. The molecule has 3 aromatic heterocycles. The number of primary sulfonamides is 1. The quantitative estimate of drug-likeness (QED) is 0.153. The zero-order valence-electron chi connectivity index (χ0n) is 31.8. The van der Waals surface area contributed by atoms with Crippen LogP contribution in [0, 0.1) is 23.7 Å². The van der Waals surface area contributed by atoms with Crippen LogP contribution in [0.15, 0.2) is 68.9 Å². The normalized spacial score (nSPS) is 12.7. The molecule has 4 heterocycles. The molecule has 0 radical (unpaired) electrons. The van der Waals surface area contributed by atoms with Gasteiger partial charge in [0.1, 0.15) is 9.09 Å². The smallest absolute Gasteiger partial charge is 0.348 e. The number of methoxy groups -OCH3 is 1. The van der Waals surface area contributed by atoms with E-state index >= 15 is 0 Å². The third-order valence-corrected chi connectivity index (χ3v) is 11.6. The summed E-state index contributed by atoms with van der Waals surface area (Å²) in [5, 5.41) is 11.4. The van der Waals surface area contributed by atoms with Crippen molar-refractivity contribution in [1.29, 1.82) is 0 Å². The molecule has 5 rings (SSSR count). The van der Waals surface area contributed by atoms with Gasteiger partial charge in [0.2, 0.25) is 15.9 Å². The average molecular weight is 775 g/mol.